The number of ether oxygens (including phenoxy) is 2. The molecule has 0 atom stereocenters. The molecule has 0 heterocycles. The molecule has 134 valence electrons. The molecule has 0 aliphatic heterocycles. The Morgan fingerprint density at radius 1 is 1.31 bits per heavy atom. The lowest BCUT2D eigenvalue weighted by molar-refractivity contribution is 0.0515. The highest BCUT2D eigenvalue weighted by Crippen LogP contribution is 2.35. The third-order valence-corrected chi connectivity index (χ3v) is 3.82. The molecule has 0 saturated carbocycles. The molecule has 0 aliphatic carbocycles. The van der Waals surface area contributed by atoms with Crippen molar-refractivity contribution in [3.63, 3.8) is 0 Å². The lowest BCUT2D eigenvalue weighted by Gasteiger charge is -2.13. The van der Waals surface area contributed by atoms with Gasteiger partial charge in [-0.2, -0.15) is 5.26 Å². The Hall–Kier alpha value is -2.81. The molecule has 0 radical (unpaired) electrons. The van der Waals surface area contributed by atoms with E-state index >= 15 is 0 Å². The summed E-state index contributed by atoms with van der Waals surface area (Å²) in [7, 11) is 5.20. The van der Waals surface area contributed by atoms with Crippen LogP contribution in [-0.2, 0) is 4.74 Å². The number of methoxy groups -OCH3 is 1. The van der Waals surface area contributed by atoms with Crippen molar-refractivity contribution in [1.29, 1.82) is 5.26 Å². The van der Waals surface area contributed by atoms with Crippen molar-refractivity contribution < 1.29 is 14.3 Å². The van der Waals surface area contributed by atoms with Gasteiger partial charge in [-0.25, -0.2) is 0 Å². The van der Waals surface area contributed by atoms with Gasteiger partial charge in [0.1, 0.15) is 11.8 Å². The van der Waals surface area contributed by atoms with E-state index in [1.807, 2.05) is 20.2 Å². The van der Waals surface area contributed by atoms with Crippen LogP contribution >= 0.6 is 11.6 Å². The average molecular weight is 371 g/mol. The number of carbonyl (C=O) groups excluding carboxylic acids is 1. The van der Waals surface area contributed by atoms with Gasteiger partial charge in [-0.15, -0.1) is 0 Å². The quantitative estimate of drug-likeness (QED) is 0.417. The van der Waals surface area contributed by atoms with Crippen LogP contribution in [-0.4, -0.2) is 38.7 Å². The summed E-state index contributed by atoms with van der Waals surface area (Å²) in [4.78, 5) is 14.1. The summed E-state index contributed by atoms with van der Waals surface area (Å²) in [5, 5.41) is 9.55. The van der Waals surface area contributed by atoms with Crippen molar-refractivity contribution in [3.05, 3.63) is 64.8 Å². The number of halogens is 1. The Bertz CT molecular complexity index is 870. The third kappa shape index (κ3) is 4.85. The largest absolute Gasteiger partial charge is 0.467 e. The number of ketones is 1. The van der Waals surface area contributed by atoms with Crippen molar-refractivity contribution >= 4 is 17.4 Å². The molecule has 0 spiro atoms. The fourth-order valence-electron chi connectivity index (χ4n) is 2.26. The minimum atomic E-state index is -0.116. The number of benzene rings is 2. The summed E-state index contributed by atoms with van der Waals surface area (Å²) >= 11 is 6.11. The summed E-state index contributed by atoms with van der Waals surface area (Å²) in [5.74, 6) is 0.360. The van der Waals surface area contributed by atoms with Crippen molar-refractivity contribution in [2.45, 2.75) is 0 Å². The zero-order valence-corrected chi connectivity index (χ0v) is 15.6. The molecule has 0 unspecified atom stereocenters. The van der Waals surface area contributed by atoms with Gasteiger partial charge in [0.25, 0.3) is 0 Å². The Morgan fingerprint density at radius 2 is 2.08 bits per heavy atom. The summed E-state index contributed by atoms with van der Waals surface area (Å²) < 4.78 is 10.5. The Labute approximate surface area is 158 Å². The predicted octanol–water partition coefficient (Wildman–Crippen LogP) is 4.12. The van der Waals surface area contributed by atoms with Crippen molar-refractivity contribution in [2.24, 2.45) is 0 Å². The molecule has 0 N–H and O–H groups in total. The van der Waals surface area contributed by atoms with Gasteiger partial charge >= 0.3 is 0 Å². The number of rotatable bonds is 7. The maximum atomic E-state index is 12.3. The highest BCUT2D eigenvalue weighted by atomic mass is 35.5. The van der Waals surface area contributed by atoms with Crippen LogP contribution in [0.5, 0.6) is 5.75 Å². The molecule has 2 rings (SSSR count). The van der Waals surface area contributed by atoms with Gasteiger partial charge in [0, 0.05) is 50.7 Å². The second-order valence-corrected chi connectivity index (χ2v) is 6.12. The first kappa shape index (κ1) is 19.5. The van der Waals surface area contributed by atoms with E-state index in [-0.39, 0.29) is 12.6 Å². The lowest BCUT2D eigenvalue weighted by Crippen LogP contribution is -2.03. The van der Waals surface area contributed by atoms with Crippen LogP contribution in [0.15, 0.2) is 48.7 Å². The molecule has 0 fully saturated rings. The summed E-state index contributed by atoms with van der Waals surface area (Å²) in [5.41, 5.74) is 2.27. The highest BCUT2D eigenvalue weighted by Gasteiger charge is 2.13. The highest BCUT2D eigenvalue weighted by molar-refractivity contribution is 6.32. The van der Waals surface area contributed by atoms with Gasteiger partial charge < -0.3 is 14.4 Å². The van der Waals surface area contributed by atoms with E-state index in [9.17, 15) is 10.1 Å². The first-order valence-electron chi connectivity index (χ1n) is 7.81. The molecule has 0 aliphatic rings. The number of nitrogens with zero attached hydrogens (tertiary/aromatic N) is 2. The van der Waals surface area contributed by atoms with Crippen LogP contribution in [0.1, 0.15) is 15.9 Å². The molecular formula is C20H19ClN2O3. The second kappa shape index (κ2) is 9.04. The second-order valence-electron chi connectivity index (χ2n) is 5.72. The minimum Gasteiger partial charge on any atom is -0.467 e. The molecule has 0 saturated heterocycles. The Kier molecular flexibility index (Phi) is 6.79. The fourth-order valence-corrected chi connectivity index (χ4v) is 2.46. The van der Waals surface area contributed by atoms with E-state index in [2.05, 4.69) is 6.07 Å². The van der Waals surface area contributed by atoms with Gasteiger partial charge in [-0.1, -0.05) is 29.8 Å². The number of allylic oxidation sites excluding steroid dienone is 1. The summed E-state index contributed by atoms with van der Waals surface area (Å²) in [6, 6.07) is 12.4. The summed E-state index contributed by atoms with van der Waals surface area (Å²) in [6.45, 7) is 0.0411. The zero-order valence-electron chi connectivity index (χ0n) is 14.8. The predicted molar refractivity (Wildman–Crippen MR) is 101 cm³/mol. The van der Waals surface area contributed by atoms with Gasteiger partial charge in [-0.05, 0) is 17.7 Å². The van der Waals surface area contributed by atoms with E-state index in [1.165, 1.54) is 13.2 Å². The molecule has 2 aromatic rings. The fraction of sp³-hybridized carbons (Fsp3) is 0.200. The maximum absolute atomic E-state index is 12.3. The van der Waals surface area contributed by atoms with Crippen LogP contribution < -0.4 is 4.74 Å². The first-order chi connectivity index (χ1) is 12.5. The van der Waals surface area contributed by atoms with Gasteiger partial charge in [-0.3, -0.25) is 4.79 Å². The first-order valence-corrected chi connectivity index (χ1v) is 8.19. The standard InChI is InChI=1S/C20H19ClN2O3/c1-23(2)8-7-19(24)15-6-4-5-14(9-15)17-10-16(12-22)18(21)11-20(17)26-13-25-3/h4-11H,13H2,1-3H3. The van der Waals surface area contributed by atoms with E-state index in [0.29, 0.717) is 27.5 Å². The average Bonchev–Trinajstić information content (AvgIpc) is 2.64. The molecule has 26 heavy (non-hydrogen) atoms. The third-order valence-electron chi connectivity index (χ3n) is 3.50. The number of carbonyl (C=O) groups is 1. The number of hydrogen-bond donors (Lipinski definition) is 0. The van der Waals surface area contributed by atoms with Gasteiger partial charge in [0.2, 0.25) is 0 Å². The lowest BCUT2D eigenvalue weighted by atomic mass is 9.99. The normalized spacial score (nSPS) is 10.6. The molecule has 0 aromatic heterocycles. The Morgan fingerprint density at radius 3 is 2.73 bits per heavy atom. The maximum Gasteiger partial charge on any atom is 0.188 e. The van der Waals surface area contributed by atoms with E-state index in [4.69, 9.17) is 21.1 Å². The van der Waals surface area contributed by atoms with Crippen LogP contribution in [0.2, 0.25) is 5.02 Å². The van der Waals surface area contributed by atoms with Crippen LogP contribution in [0.25, 0.3) is 11.1 Å². The molecule has 6 heteroatoms. The Balaban J connectivity index is 2.49. The van der Waals surface area contributed by atoms with Crippen LogP contribution in [0.4, 0.5) is 0 Å². The van der Waals surface area contributed by atoms with Crippen molar-refractivity contribution in [1.82, 2.24) is 4.90 Å². The molecule has 2 aromatic carbocycles. The van der Waals surface area contributed by atoms with Gasteiger partial charge in [0.15, 0.2) is 12.6 Å². The SMILES string of the molecule is COCOc1cc(Cl)c(C#N)cc1-c1cccc(C(=O)C=CN(C)C)c1. The number of nitriles is 1. The smallest absolute Gasteiger partial charge is 0.188 e. The van der Waals surface area contributed by atoms with Gasteiger partial charge in [0.05, 0.1) is 10.6 Å². The van der Waals surface area contributed by atoms with Crippen molar-refractivity contribution in [3.8, 4) is 22.9 Å². The molecular weight excluding hydrogens is 352 g/mol. The molecule has 0 amide bonds. The van der Waals surface area contributed by atoms with E-state index in [1.54, 1.807) is 41.4 Å². The van der Waals surface area contributed by atoms with Crippen LogP contribution in [0.3, 0.4) is 0 Å². The summed E-state index contributed by atoms with van der Waals surface area (Å²) in [6.07, 6.45) is 3.20. The van der Waals surface area contributed by atoms with E-state index in [0.717, 1.165) is 5.56 Å². The topological polar surface area (TPSA) is 62.6 Å². The molecule has 5 nitrogen and oxygen atoms in total. The van der Waals surface area contributed by atoms with Crippen LogP contribution in [0, 0.1) is 11.3 Å². The molecule has 0 bridgehead atoms. The number of hydrogen-bond acceptors (Lipinski definition) is 5. The monoisotopic (exact) mass is 370 g/mol. The minimum absolute atomic E-state index is 0.0411. The zero-order chi connectivity index (χ0) is 19.1. The van der Waals surface area contributed by atoms with Crippen molar-refractivity contribution in [2.75, 3.05) is 28.0 Å². The van der Waals surface area contributed by atoms with E-state index < -0.39 is 0 Å².